The van der Waals surface area contributed by atoms with Gasteiger partial charge in [0.25, 0.3) is 5.56 Å². The maximum absolute atomic E-state index is 13.9. The van der Waals surface area contributed by atoms with Crippen LogP contribution >= 0.6 is 49.9 Å². The van der Waals surface area contributed by atoms with Gasteiger partial charge < -0.3 is 24.1 Å². The summed E-state index contributed by atoms with van der Waals surface area (Å²) >= 11 is 6.82. The molecular formula is C27H26BrIN2O7S. The quantitative estimate of drug-likeness (QED) is 0.273. The van der Waals surface area contributed by atoms with Crippen molar-refractivity contribution in [3.63, 3.8) is 0 Å². The highest BCUT2D eigenvalue weighted by molar-refractivity contribution is 14.1. The van der Waals surface area contributed by atoms with Gasteiger partial charge in [0.05, 0.1) is 52.8 Å². The first-order valence-corrected chi connectivity index (χ1v) is 14.6. The highest BCUT2D eigenvalue weighted by atomic mass is 127. The van der Waals surface area contributed by atoms with Crippen LogP contribution in [0.5, 0.6) is 23.0 Å². The second kappa shape index (κ2) is 12.1. The van der Waals surface area contributed by atoms with Crippen molar-refractivity contribution in [2.75, 3.05) is 27.4 Å². The molecule has 1 aromatic heterocycles. The van der Waals surface area contributed by atoms with Gasteiger partial charge in [-0.25, -0.2) is 9.79 Å². The number of rotatable bonds is 8. The first-order chi connectivity index (χ1) is 18.6. The van der Waals surface area contributed by atoms with E-state index in [-0.39, 0.29) is 23.5 Å². The second-order valence-corrected chi connectivity index (χ2v) is 11.3. The minimum atomic E-state index is -0.837. The molecule has 3 aromatic rings. The number of esters is 1. The van der Waals surface area contributed by atoms with Crippen LogP contribution in [0.4, 0.5) is 0 Å². The lowest BCUT2D eigenvalue weighted by Gasteiger charge is -2.26. The molecule has 0 fully saturated rings. The van der Waals surface area contributed by atoms with Gasteiger partial charge >= 0.3 is 5.97 Å². The number of aromatic hydroxyl groups is 1. The van der Waals surface area contributed by atoms with E-state index < -0.39 is 12.0 Å². The van der Waals surface area contributed by atoms with E-state index in [1.807, 2.05) is 29.5 Å². The van der Waals surface area contributed by atoms with Gasteiger partial charge in [0.15, 0.2) is 27.8 Å². The Morgan fingerprint density at radius 3 is 2.51 bits per heavy atom. The SMILES string of the molecule is CCOC(=O)C1=C(C)N=c2s/c(=C/c3cc(I)c(O)c(OC)c3)c(=O)n2[C@H]1c1cc(OC)c(OCC)cc1Br. The molecule has 0 bridgehead atoms. The Morgan fingerprint density at radius 2 is 1.87 bits per heavy atom. The molecule has 9 nitrogen and oxygen atoms in total. The fraction of sp³-hybridized carbons (Fsp3) is 0.296. The lowest BCUT2D eigenvalue weighted by atomic mass is 9.95. The van der Waals surface area contributed by atoms with E-state index in [0.29, 0.717) is 58.1 Å². The number of phenols is 1. The number of hydrogen-bond acceptors (Lipinski definition) is 9. The van der Waals surface area contributed by atoms with E-state index in [0.717, 1.165) is 0 Å². The molecule has 0 radical (unpaired) electrons. The molecular weight excluding hydrogens is 703 g/mol. The summed E-state index contributed by atoms with van der Waals surface area (Å²) in [5, 5.41) is 10.2. The molecule has 12 heteroatoms. The van der Waals surface area contributed by atoms with Crippen LogP contribution < -0.4 is 29.1 Å². The zero-order valence-corrected chi connectivity index (χ0v) is 26.4. The Bertz CT molecular complexity index is 1660. The third kappa shape index (κ3) is 5.59. The van der Waals surface area contributed by atoms with Gasteiger partial charge in [-0.2, -0.15) is 0 Å². The van der Waals surface area contributed by atoms with Crippen LogP contribution in [-0.4, -0.2) is 43.1 Å². The molecule has 39 heavy (non-hydrogen) atoms. The minimum absolute atomic E-state index is 0.0284. The topological polar surface area (TPSA) is 109 Å². The van der Waals surface area contributed by atoms with E-state index in [4.69, 9.17) is 18.9 Å². The monoisotopic (exact) mass is 728 g/mol. The van der Waals surface area contributed by atoms with E-state index >= 15 is 0 Å². The number of nitrogens with zero attached hydrogens (tertiary/aromatic N) is 2. The summed E-state index contributed by atoms with van der Waals surface area (Å²) in [6, 6.07) is 6.07. The summed E-state index contributed by atoms with van der Waals surface area (Å²) in [6.45, 7) is 5.92. The summed E-state index contributed by atoms with van der Waals surface area (Å²) in [5.41, 5.74) is 1.65. The van der Waals surface area contributed by atoms with Gasteiger partial charge in [-0.15, -0.1) is 0 Å². The van der Waals surface area contributed by atoms with Crippen LogP contribution in [0.1, 0.15) is 37.9 Å². The largest absolute Gasteiger partial charge is 0.504 e. The highest BCUT2D eigenvalue weighted by Gasteiger charge is 2.35. The van der Waals surface area contributed by atoms with Gasteiger partial charge in [-0.3, -0.25) is 9.36 Å². The third-order valence-electron chi connectivity index (χ3n) is 5.96. The van der Waals surface area contributed by atoms with Crippen LogP contribution in [0.2, 0.25) is 0 Å². The molecule has 1 N–H and O–H groups in total. The number of fused-ring (bicyclic) bond motifs is 1. The number of hydrogen-bond donors (Lipinski definition) is 1. The van der Waals surface area contributed by atoms with E-state index in [1.165, 1.54) is 30.1 Å². The number of allylic oxidation sites excluding steroid dienone is 1. The maximum Gasteiger partial charge on any atom is 0.338 e. The van der Waals surface area contributed by atoms with E-state index in [9.17, 15) is 14.7 Å². The molecule has 2 aromatic carbocycles. The maximum atomic E-state index is 13.9. The third-order valence-corrected chi connectivity index (χ3v) is 8.45. The van der Waals surface area contributed by atoms with Crippen molar-refractivity contribution in [1.82, 2.24) is 4.57 Å². The predicted octanol–water partition coefficient (Wildman–Crippen LogP) is 4.29. The molecule has 1 atom stereocenters. The number of carbonyl (C=O) groups excluding carboxylic acids is 1. The Labute approximate surface area is 250 Å². The first-order valence-electron chi connectivity index (χ1n) is 11.9. The normalized spacial score (nSPS) is 15.1. The van der Waals surface area contributed by atoms with E-state index in [2.05, 4.69) is 20.9 Å². The van der Waals surface area contributed by atoms with Crippen LogP contribution in [0.3, 0.4) is 0 Å². The molecule has 1 aliphatic heterocycles. The van der Waals surface area contributed by atoms with Gasteiger partial charge in [0, 0.05) is 4.47 Å². The average Bonchev–Trinajstić information content (AvgIpc) is 3.20. The van der Waals surface area contributed by atoms with Gasteiger partial charge in [0.2, 0.25) is 0 Å². The zero-order chi connectivity index (χ0) is 28.4. The van der Waals surface area contributed by atoms with Crippen LogP contribution in [-0.2, 0) is 9.53 Å². The average molecular weight is 729 g/mol. The Hall–Kier alpha value is -2.84. The van der Waals surface area contributed by atoms with Crippen LogP contribution in [0.15, 0.2) is 49.8 Å². The van der Waals surface area contributed by atoms with Gasteiger partial charge in [0.1, 0.15) is 0 Å². The molecule has 0 unspecified atom stereocenters. The summed E-state index contributed by atoms with van der Waals surface area (Å²) in [5.74, 6) is 0.749. The number of aromatic nitrogens is 1. The first kappa shape index (κ1) is 29.2. The molecule has 4 rings (SSSR count). The van der Waals surface area contributed by atoms with Crippen molar-refractivity contribution >= 4 is 61.9 Å². The van der Waals surface area contributed by atoms with E-state index in [1.54, 1.807) is 44.2 Å². The summed E-state index contributed by atoms with van der Waals surface area (Å²) in [6.07, 6.45) is 1.71. The lowest BCUT2D eigenvalue weighted by molar-refractivity contribution is -0.139. The summed E-state index contributed by atoms with van der Waals surface area (Å²) < 4.78 is 25.0. The van der Waals surface area contributed by atoms with Crippen molar-refractivity contribution in [1.29, 1.82) is 0 Å². The van der Waals surface area contributed by atoms with Crippen molar-refractivity contribution < 1.29 is 28.8 Å². The molecule has 0 saturated heterocycles. The minimum Gasteiger partial charge on any atom is -0.504 e. The lowest BCUT2D eigenvalue weighted by Crippen LogP contribution is -2.40. The Kier molecular flexibility index (Phi) is 9.07. The number of methoxy groups -OCH3 is 2. The Balaban J connectivity index is 2.00. The molecule has 0 amide bonds. The second-order valence-electron chi connectivity index (χ2n) is 8.31. The molecule has 0 saturated carbocycles. The van der Waals surface area contributed by atoms with Crippen LogP contribution in [0, 0.1) is 3.57 Å². The number of thiazole rings is 1. The molecule has 0 aliphatic carbocycles. The van der Waals surface area contributed by atoms with Crippen molar-refractivity contribution in [2.45, 2.75) is 26.8 Å². The predicted molar refractivity (Wildman–Crippen MR) is 160 cm³/mol. The molecule has 2 heterocycles. The fourth-order valence-electron chi connectivity index (χ4n) is 4.26. The molecule has 1 aliphatic rings. The standard InChI is InChI=1S/C27H26BrIN2O7S/c1-6-37-19-12-16(28)15(11-18(19)35-4)23-22(26(34)38-7-2)13(3)30-27-31(23)25(33)21(39-27)10-14-8-17(29)24(32)20(9-14)36-5/h8-12,23,32H,6-7H2,1-5H3/b21-10+/t23-/m0/s1. The number of halogens is 2. The van der Waals surface area contributed by atoms with Gasteiger partial charge in [-0.05, 0) is 84.8 Å². The van der Waals surface area contributed by atoms with Gasteiger partial charge in [-0.1, -0.05) is 27.3 Å². The zero-order valence-electron chi connectivity index (χ0n) is 21.8. The van der Waals surface area contributed by atoms with Crippen molar-refractivity contribution in [3.8, 4) is 23.0 Å². The van der Waals surface area contributed by atoms with Crippen molar-refractivity contribution in [3.05, 3.63) is 74.4 Å². The number of carbonyl (C=O) groups is 1. The Morgan fingerprint density at radius 1 is 1.15 bits per heavy atom. The highest BCUT2D eigenvalue weighted by Crippen LogP contribution is 2.41. The number of phenolic OH excluding ortho intramolecular Hbond substituents is 1. The summed E-state index contributed by atoms with van der Waals surface area (Å²) in [7, 11) is 2.99. The smallest absolute Gasteiger partial charge is 0.338 e. The number of benzene rings is 2. The number of ether oxygens (including phenoxy) is 4. The molecule has 0 spiro atoms. The summed E-state index contributed by atoms with van der Waals surface area (Å²) in [4.78, 5) is 32.2. The van der Waals surface area contributed by atoms with Crippen molar-refractivity contribution in [2.24, 2.45) is 4.99 Å². The molecule has 206 valence electrons. The van der Waals surface area contributed by atoms with Crippen LogP contribution in [0.25, 0.3) is 6.08 Å². The fourth-order valence-corrected chi connectivity index (χ4v) is 6.47.